The quantitative estimate of drug-likeness (QED) is 0.462. The average molecular weight is 556 g/mol. The van der Waals surface area contributed by atoms with Crippen LogP contribution in [0.5, 0.6) is 5.75 Å². The van der Waals surface area contributed by atoms with Crippen LogP contribution in [0.3, 0.4) is 0 Å². The number of nitriles is 1. The third-order valence-electron chi connectivity index (χ3n) is 5.42. The number of carbonyl (C=O) groups excluding carboxylic acids is 3. The molecule has 3 heterocycles. The number of rotatable bonds is 6. The molecule has 0 radical (unpaired) electrons. The van der Waals surface area contributed by atoms with Crippen molar-refractivity contribution in [2.75, 3.05) is 23.7 Å². The number of carbonyl (C=O) groups is 3. The summed E-state index contributed by atoms with van der Waals surface area (Å²) in [7, 11) is 0. The summed E-state index contributed by atoms with van der Waals surface area (Å²) < 4.78 is 68.5. The van der Waals surface area contributed by atoms with Gasteiger partial charge in [0.2, 0.25) is 5.91 Å². The molecule has 0 aliphatic carbocycles. The number of anilines is 2. The molecule has 0 saturated carbocycles. The number of likely N-dealkylation sites (tertiary alicyclic amines) is 1. The third-order valence-corrected chi connectivity index (χ3v) is 6.59. The Labute approximate surface area is 215 Å². The lowest BCUT2D eigenvalue weighted by atomic mass is 10.2. The molecule has 10 nitrogen and oxygen atoms in total. The number of nitrogens with zero attached hydrogens (tertiary/aromatic N) is 3. The van der Waals surface area contributed by atoms with E-state index in [4.69, 9.17) is 5.26 Å². The van der Waals surface area contributed by atoms with Gasteiger partial charge in [-0.25, -0.2) is 8.78 Å². The minimum Gasteiger partial charge on any atom is -0.406 e. The molecule has 4 rings (SSSR count). The average Bonchev–Trinajstić information content (AvgIpc) is 3.41. The van der Waals surface area contributed by atoms with E-state index in [1.807, 2.05) is 0 Å². The van der Waals surface area contributed by atoms with Crippen LogP contribution >= 0.6 is 11.8 Å². The van der Waals surface area contributed by atoms with Crippen LogP contribution in [0.15, 0.2) is 41.6 Å². The van der Waals surface area contributed by atoms with E-state index in [9.17, 15) is 36.3 Å². The first-order valence-electron chi connectivity index (χ1n) is 10.8. The van der Waals surface area contributed by atoms with Crippen molar-refractivity contribution in [3.63, 3.8) is 0 Å². The molecular weight excluding hydrogens is 539 g/mol. The highest BCUT2D eigenvalue weighted by Crippen LogP contribution is 2.41. The highest BCUT2D eigenvalue weighted by Gasteiger charge is 2.47. The first-order valence-corrected chi connectivity index (χ1v) is 11.7. The number of halogens is 5. The number of benzene rings is 1. The number of amides is 3. The summed E-state index contributed by atoms with van der Waals surface area (Å²) in [5.74, 6) is -6.02. The molecular formula is C22H17F5N6O4S. The first-order chi connectivity index (χ1) is 17.8. The van der Waals surface area contributed by atoms with Gasteiger partial charge in [-0.3, -0.25) is 19.4 Å². The van der Waals surface area contributed by atoms with Crippen molar-refractivity contribution in [3.8, 4) is 11.8 Å². The molecule has 38 heavy (non-hydrogen) atoms. The lowest BCUT2D eigenvalue weighted by Crippen LogP contribution is -2.43. The molecule has 1 unspecified atom stereocenters. The van der Waals surface area contributed by atoms with E-state index in [0.717, 1.165) is 23.9 Å². The predicted molar refractivity (Wildman–Crippen MR) is 122 cm³/mol. The van der Waals surface area contributed by atoms with Crippen LogP contribution in [0.4, 0.5) is 33.3 Å². The van der Waals surface area contributed by atoms with Gasteiger partial charge in [0.15, 0.2) is 5.37 Å². The molecule has 1 fully saturated rings. The summed E-state index contributed by atoms with van der Waals surface area (Å²) in [4.78, 5) is 42.9. The van der Waals surface area contributed by atoms with Gasteiger partial charge in [0.05, 0.1) is 42.3 Å². The number of ether oxygens (including phenoxy) is 1. The molecule has 2 aromatic rings. The molecule has 1 aromatic carbocycles. The zero-order valence-electron chi connectivity index (χ0n) is 19.0. The van der Waals surface area contributed by atoms with Crippen LogP contribution in [0.2, 0.25) is 0 Å². The molecule has 0 spiro atoms. The molecule has 200 valence electrons. The SMILES string of the molecule is N#C[C@@H]1CC(F)(F)CN1C(=O)CNC(=O)c1ccncc1NC(=O)C1Nc2cc(OC(F)(F)F)ccc2S1. The number of pyridine rings is 1. The second kappa shape index (κ2) is 10.3. The Morgan fingerprint density at radius 1 is 1.29 bits per heavy atom. The van der Waals surface area contributed by atoms with Gasteiger partial charge in [-0.05, 0) is 18.2 Å². The fourth-order valence-corrected chi connectivity index (χ4v) is 4.77. The van der Waals surface area contributed by atoms with Gasteiger partial charge in [-0.2, -0.15) is 5.26 Å². The Hall–Kier alpha value is -4.13. The molecule has 1 aromatic heterocycles. The second-order valence-corrected chi connectivity index (χ2v) is 9.31. The van der Waals surface area contributed by atoms with Gasteiger partial charge in [0, 0.05) is 23.6 Å². The van der Waals surface area contributed by atoms with Crippen molar-refractivity contribution in [1.29, 1.82) is 5.26 Å². The van der Waals surface area contributed by atoms with E-state index < -0.39 is 66.7 Å². The Kier molecular flexibility index (Phi) is 7.31. The van der Waals surface area contributed by atoms with Crippen LogP contribution < -0.4 is 20.7 Å². The second-order valence-electron chi connectivity index (χ2n) is 8.17. The van der Waals surface area contributed by atoms with Gasteiger partial charge >= 0.3 is 6.36 Å². The Morgan fingerprint density at radius 3 is 2.76 bits per heavy atom. The Balaban J connectivity index is 1.37. The number of alkyl halides is 5. The van der Waals surface area contributed by atoms with E-state index in [1.165, 1.54) is 24.5 Å². The summed E-state index contributed by atoms with van der Waals surface area (Å²) in [5, 5.41) is 15.6. The van der Waals surface area contributed by atoms with Gasteiger partial charge in [0.1, 0.15) is 11.8 Å². The van der Waals surface area contributed by atoms with Gasteiger partial charge < -0.3 is 25.6 Å². The first kappa shape index (κ1) is 26.9. The van der Waals surface area contributed by atoms with E-state index in [1.54, 1.807) is 6.07 Å². The number of hydrogen-bond acceptors (Lipinski definition) is 8. The standard InChI is InChI=1S/C22H17F5N6O4S/c23-21(24)6-11(7-28)33(10-21)17(34)9-30-18(35)13-3-4-29-8-15(13)31-19(36)20-32-14-5-12(37-22(25,26)27)1-2-16(14)38-20/h1-5,8,11,20,32H,6,9-10H2,(H,30,35)(H,31,36)/t11-,20?/m0/s1. The summed E-state index contributed by atoms with van der Waals surface area (Å²) in [6.45, 7) is -1.60. The van der Waals surface area contributed by atoms with E-state index in [2.05, 4.69) is 25.7 Å². The molecule has 16 heteroatoms. The van der Waals surface area contributed by atoms with Crippen LogP contribution in [-0.4, -0.2) is 64.4 Å². The highest BCUT2D eigenvalue weighted by atomic mass is 32.2. The van der Waals surface area contributed by atoms with Crippen molar-refractivity contribution in [2.24, 2.45) is 0 Å². The highest BCUT2D eigenvalue weighted by molar-refractivity contribution is 8.01. The van der Waals surface area contributed by atoms with E-state index in [0.29, 0.717) is 9.80 Å². The molecule has 2 aliphatic rings. The van der Waals surface area contributed by atoms with Crippen LogP contribution in [0, 0.1) is 11.3 Å². The lowest BCUT2D eigenvalue weighted by molar-refractivity contribution is -0.274. The third kappa shape index (κ3) is 6.22. The predicted octanol–water partition coefficient (Wildman–Crippen LogP) is 2.95. The van der Waals surface area contributed by atoms with E-state index >= 15 is 0 Å². The fourth-order valence-electron chi connectivity index (χ4n) is 3.78. The maximum atomic E-state index is 13.6. The number of hydrogen-bond donors (Lipinski definition) is 3. The van der Waals surface area contributed by atoms with Gasteiger partial charge in [-0.1, -0.05) is 11.8 Å². The summed E-state index contributed by atoms with van der Waals surface area (Å²) in [6, 6.07) is 5.13. The smallest absolute Gasteiger partial charge is 0.406 e. The zero-order valence-corrected chi connectivity index (χ0v) is 19.8. The monoisotopic (exact) mass is 556 g/mol. The Morgan fingerprint density at radius 2 is 2.05 bits per heavy atom. The molecule has 2 atom stereocenters. The van der Waals surface area contributed by atoms with Gasteiger partial charge in [0.25, 0.3) is 17.7 Å². The molecule has 3 N–H and O–H groups in total. The van der Waals surface area contributed by atoms with Crippen molar-refractivity contribution < 1.29 is 41.1 Å². The lowest BCUT2D eigenvalue weighted by Gasteiger charge is -2.19. The molecule has 0 bridgehead atoms. The zero-order chi connectivity index (χ0) is 27.7. The molecule has 1 saturated heterocycles. The maximum Gasteiger partial charge on any atom is 0.573 e. The van der Waals surface area contributed by atoms with Crippen LogP contribution in [0.1, 0.15) is 16.8 Å². The van der Waals surface area contributed by atoms with Crippen LogP contribution in [-0.2, 0) is 9.59 Å². The maximum absolute atomic E-state index is 13.6. The van der Waals surface area contributed by atoms with Crippen molar-refractivity contribution in [3.05, 3.63) is 42.2 Å². The largest absolute Gasteiger partial charge is 0.573 e. The van der Waals surface area contributed by atoms with Crippen molar-refractivity contribution in [2.45, 2.75) is 35.0 Å². The number of aromatic nitrogens is 1. The van der Waals surface area contributed by atoms with Gasteiger partial charge in [-0.15, -0.1) is 13.2 Å². The fraction of sp³-hybridized carbons (Fsp3) is 0.318. The minimum atomic E-state index is -4.88. The molecule has 3 amide bonds. The minimum absolute atomic E-state index is 0.0375. The summed E-state index contributed by atoms with van der Waals surface area (Å²) in [6.07, 6.45) is -3.25. The van der Waals surface area contributed by atoms with Crippen molar-refractivity contribution in [1.82, 2.24) is 15.2 Å². The Bertz CT molecular complexity index is 1320. The number of thioether (sulfide) groups is 1. The van der Waals surface area contributed by atoms with Crippen LogP contribution in [0.25, 0.3) is 0 Å². The molecule has 2 aliphatic heterocycles. The van der Waals surface area contributed by atoms with E-state index in [-0.39, 0.29) is 16.9 Å². The summed E-state index contributed by atoms with van der Waals surface area (Å²) >= 11 is 1.02. The number of nitrogens with one attached hydrogen (secondary N) is 3. The summed E-state index contributed by atoms with van der Waals surface area (Å²) in [5.41, 5.74) is 0.110. The normalized spacial score (nSPS) is 19.6. The topological polar surface area (TPSA) is 136 Å². The number of fused-ring (bicyclic) bond motifs is 1. The van der Waals surface area contributed by atoms with Crippen molar-refractivity contribution >= 4 is 40.9 Å².